The second-order valence-electron chi connectivity index (χ2n) is 6.22. The number of H-pyrrole nitrogens is 1. The van der Waals surface area contributed by atoms with Gasteiger partial charge in [-0.25, -0.2) is 9.97 Å². The second-order valence-corrected chi connectivity index (χ2v) is 6.22. The van der Waals surface area contributed by atoms with E-state index in [2.05, 4.69) is 27.1 Å². The van der Waals surface area contributed by atoms with Crippen LogP contribution in [0.25, 0.3) is 0 Å². The third-order valence-corrected chi connectivity index (χ3v) is 4.00. The van der Waals surface area contributed by atoms with Gasteiger partial charge in [0.2, 0.25) is 0 Å². The summed E-state index contributed by atoms with van der Waals surface area (Å²) in [6.07, 6.45) is 2.85. The molecule has 3 heterocycles. The number of hydrogen-bond acceptors (Lipinski definition) is 6. The van der Waals surface area contributed by atoms with Crippen molar-refractivity contribution in [2.75, 3.05) is 19.7 Å². The maximum absolute atomic E-state index is 12.8. The average molecular weight is 333 g/mol. The molecule has 2 aromatic rings. The molecule has 8 heteroatoms. The highest BCUT2D eigenvalue weighted by Gasteiger charge is 2.31. The Hall–Kier alpha value is -2.22. The number of aromatic amines is 1. The first-order valence-electron chi connectivity index (χ1n) is 8.35. The Kier molecular flexibility index (Phi) is 4.94. The van der Waals surface area contributed by atoms with Crippen molar-refractivity contribution in [3.63, 3.8) is 0 Å². The summed E-state index contributed by atoms with van der Waals surface area (Å²) in [4.78, 5) is 23.1. The SMILES string of the molecule is CCCc1nc([C@H]2CN(C(=O)c3ncoc3C(C)C)CCO2)n[nH]1. The number of oxazole rings is 1. The Balaban J connectivity index is 1.72. The van der Waals surface area contributed by atoms with Crippen molar-refractivity contribution in [3.8, 4) is 0 Å². The Labute approximate surface area is 140 Å². The van der Waals surface area contributed by atoms with Crippen molar-refractivity contribution in [3.05, 3.63) is 29.5 Å². The van der Waals surface area contributed by atoms with Gasteiger partial charge in [0.05, 0.1) is 13.2 Å². The molecule has 0 bridgehead atoms. The van der Waals surface area contributed by atoms with Crippen LogP contribution < -0.4 is 0 Å². The summed E-state index contributed by atoms with van der Waals surface area (Å²) in [6.45, 7) is 7.41. The van der Waals surface area contributed by atoms with Crippen molar-refractivity contribution < 1.29 is 13.9 Å². The molecule has 0 unspecified atom stereocenters. The molecular formula is C16H23N5O3. The summed E-state index contributed by atoms with van der Waals surface area (Å²) >= 11 is 0. The van der Waals surface area contributed by atoms with Crippen LogP contribution in [0.15, 0.2) is 10.8 Å². The van der Waals surface area contributed by atoms with E-state index in [1.807, 2.05) is 13.8 Å². The molecule has 0 radical (unpaired) electrons. The van der Waals surface area contributed by atoms with Crippen molar-refractivity contribution in [1.29, 1.82) is 0 Å². The van der Waals surface area contributed by atoms with Gasteiger partial charge in [-0.2, -0.15) is 5.10 Å². The summed E-state index contributed by atoms with van der Waals surface area (Å²) in [7, 11) is 0. The smallest absolute Gasteiger partial charge is 0.276 e. The zero-order valence-electron chi connectivity index (χ0n) is 14.3. The van der Waals surface area contributed by atoms with Gasteiger partial charge in [0.15, 0.2) is 17.9 Å². The minimum atomic E-state index is -0.320. The van der Waals surface area contributed by atoms with E-state index in [9.17, 15) is 4.79 Å². The second kappa shape index (κ2) is 7.12. The number of morpholine rings is 1. The van der Waals surface area contributed by atoms with E-state index >= 15 is 0 Å². The summed E-state index contributed by atoms with van der Waals surface area (Å²) in [6, 6.07) is 0. The third kappa shape index (κ3) is 3.33. The lowest BCUT2D eigenvalue weighted by molar-refractivity contribution is -0.0269. The number of carbonyl (C=O) groups is 1. The van der Waals surface area contributed by atoms with E-state index < -0.39 is 0 Å². The van der Waals surface area contributed by atoms with Crippen LogP contribution >= 0.6 is 0 Å². The number of rotatable bonds is 5. The topological polar surface area (TPSA) is 97.1 Å². The average Bonchev–Trinajstić information content (AvgIpc) is 3.24. The quantitative estimate of drug-likeness (QED) is 0.900. The maximum Gasteiger partial charge on any atom is 0.276 e. The highest BCUT2D eigenvalue weighted by molar-refractivity contribution is 5.93. The molecule has 1 fully saturated rings. The van der Waals surface area contributed by atoms with Gasteiger partial charge < -0.3 is 14.1 Å². The van der Waals surface area contributed by atoms with Crippen molar-refractivity contribution >= 4 is 5.91 Å². The molecule has 8 nitrogen and oxygen atoms in total. The standard InChI is InChI=1S/C16H23N5O3/c1-4-5-12-18-15(20-19-12)11-8-21(6-7-23-11)16(22)13-14(10(2)3)24-9-17-13/h9-11H,4-8H2,1-3H3,(H,18,19,20)/t11-/m1/s1. The lowest BCUT2D eigenvalue weighted by Crippen LogP contribution is -2.43. The van der Waals surface area contributed by atoms with Crippen LogP contribution in [-0.2, 0) is 11.2 Å². The molecule has 1 aliphatic heterocycles. The highest BCUT2D eigenvalue weighted by atomic mass is 16.5. The Bertz CT molecular complexity index is 693. The molecule has 2 aromatic heterocycles. The molecule has 3 rings (SSSR count). The van der Waals surface area contributed by atoms with E-state index in [-0.39, 0.29) is 17.9 Å². The van der Waals surface area contributed by atoms with Gasteiger partial charge in [0.1, 0.15) is 17.7 Å². The number of carbonyl (C=O) groups excluding carboxylic acids is 1. The molecule has 130 valence electrons. The molecular weight excluding hydrogens is 310 g/mol. The minimum absolute atomic E-state index is 0.105. The minimum Gasteiger partial charge on any atom is -0.447 e. The number of aromatic nitrogens is 4. The summed E-state index contributed by atoms with van der Waals surface area (Å²) in [5.74, 6) is 2.03. The fourth-order valence-corrected chi connectivity index (χ4v) is 2.77. The van der Waals surface area contributed by atoms with E-state index in [0.717, 1.165) is 18.7 Å². The third-order valence-electron chi connectivity index (χ3n) is 4.00. The molecule has 1 atom stereocenters. The highest BCUT2D eigenvalue weighted by Crippen LogP contribution is 2.24. The van der Waals surface area contributed by atoms with Crippen LogP contribution in [0.5, 0.6) is 0 Å². The predicted molar refractivity (Wildman–Crippen MR) is 85.6 cm³/mol. The van der Waals surface area contributed by atoms with Gasteiger partial charge in [-0.15, -0.1) is 0 Å². The normalized spacial score (nSPS) is 18.3. The van der Waals surface area contributed by atoms with Gasteiger partial charge in [-0.1, -0.05) is 20.8 Å². The molecule has 1 aliphatic rings. The van der Waals surface area contributed by atoms with Crippen LogP contribution in [0, 0.1) is 0 Å². The van der Waals surface area contributed by atoms with Gasteiger partial charge in [-0.05, 0) is 6.42 Å². The molecule has 1 amide bonds. The van der Waals surface area contributed by atoms with Gasteiger partial charge >= 0.3 is 0 Å². The summed E-state index contributed by atoms with van der Waals surface area (Å²) < 4.78 is 11.1. The largest absolute Gasteiger partial charge is 0.447 e. The van der Waals surface area contributed by atoms with E-state index in [1.54, 1.807) is 4.90 Å². The van der Waals surface area contributed by atoms with Crippen LogP contribution in [0.1, 0.15) is 67.1 Å². The van der Waals surface area contributed by atoms with Crippen LogP contribution in [0.2, 0.25) is 0 Å². The maximum atomic E-state index is 12.8. The molecule has 1 N–H and O–H groups in total. The molecule has 0 aromatic carbocycles. The number of aryl methyl sites for hydroxylation is 1. The number of hydrogen-bond donors (Lipinski definition) is 1. The number of nitrogens with zero attached hydrogens (tertiary/aromatic N) is 4. The number of nitrogens with one attached hydrogen (secondary N) is 1. The van der Waals surface area contributed by atoms with Gasteiger partial charge in [0, 0.05) is 18.9 Å². The fourth-order valence-electron chi connectivity index (χ4n) is 2.77. The van der Waals surface area contributed by atoms with Crippen molar-refractivity contribution in [2.24, 2.45) is 0 Å². The van der Waals surface area contributed by atoms with E-state index in [4.69, 9.17) is 9.15 Å². The van der Waals surface area contributed by atoms with Crippen LogP contribution in [-0.4, -0.2) is 50.7 Å². The Morgan fingerprint density at radius 3 is 3.08 bits per heavy atom. The lowest BCUT2D eigenvalue weighted by atomic mass is 10.1. The molecule has 0 aliphatic carbocycles. The zero-order valence-corrected chi connectivity index (χ0v) is 14.3. The molecule has 0 saturated carbocycles. The first-order chi connectivity index (χ1) is 11.6. The fraction of sp³-hybridized carbons (Fsp3) is 0.625. The number of amides is 1. The Morgan fingerprint density at radius 1 is 1.50 bits per heavy atom. The summed E-state index contributed by atoms with van der Waals surface area (Å²) in [5, 5.41) is 7.16. The van der Waals surface area contributed by atoms with E-state index in [0.29, 0.717) is 37.0 Å². The van der Waals surface area contributed by atoms with Crippen molar-refractivity contribution in [1.82, 2.24) is 25.1 Å². The number of ether oxygens (including phenoxy) is 1. The predicted octanol–water partition coefficient (Wildman–Crippen LogP) is 2.08. The molecule has 24 heavy (non-hydrogen) atoms. The summed E-state index contributed by atoms with van der Waals surface area (Å²) in [5.41, 5.74) is 0.382. The van der Waals surface area contributed by atoms with E-state index in [1.165, 1.54) is 6.39 Å². The first kappa shape index (κ1) is 16.6. The van der Waals surface area contributed by atoms with Crippen LogP contribution in [0.3, 0.4) is 0 Å². The van der Waals surface area contributed by atoms with Crippen molar-refractivity contribution in [2.45, 2.75) is 45.6 Å². The molecule has 1 saturated heterocycles. The van der Waals surface area contributed by atoms with Gasteiger partial charge in [0.25, 0.3) is 5.91 Å². The van der Waals surface area contributed by atoms with Gasteiger partial charge in [-0.3, -0.25) is 9.89 Å². The van der Waals surface area contributed by atoms with Crippen LogP contribution in [0.4, 0.5) is 0 Å². The first-order valence-corrected chi connectivity index (χ1v) is 8.35. The Morgan fingerprint density at radius 2 is 2.33 bits per heavy atom. The monoisotopic (exact) mass is 333 g/mol. The lowest BCUT2D eigenvalue weighted by Gasteiger charge is -2.31. The molecule has 0 spiro atoms. The zero-order chi connectivity index (χ0) is 17.1.